The topological polar surface area (TPSA) is 21.3 Å². The van der Waals surface area contributed by atoms with E-state index < -0.39 is 0 Å². The van der Waals surface area contributed by atoms with Crippen LogP contribution in [0.5, 0.6) is 0 Å². The molecule has 2 nitrogen and oxygen atoms in total. The third-order valence-corrected chi connectivity index (χ3v) is 2.89. The smallest absolute Gasteiger partial charge is 0.126 e. The minimum atomic E-state index is -0.114. The number of halogens is 1. The van der Waals surface area contributed by atoms with Gasteiger partial charge in [0.05, 0.1) is 0 Å². The molecular weight excluding hydrogens is 241 g/mol. The van der Waals surface area contributed by atoms with Gasteiger partial charge < -0.3 is 10.1 Å². The van der Waals surface area contributed by atoms with Crippen LogP contribution in [-0.2, 0) is 11.2 Å². The van der Waals surface area contributed by atoms with Gasteiger partial charge >= 0.3 is 0 Å². The van der Waals surface area contributed by atoms with E-state index in [4.69, 9.17) is 4.74 Å². The van der Waals surface area contributed by atoms with Crippen molar-refractivity contribution in [2.24, 2.45) is 5.92 Å². The number of benzene rings is 1. The maximum absolute atomic E-state index is 13.5. The van der Waals surface area contributed by atoms with Gasteiger partial charge in [-0.2, -0.15) is 0 Å². The molecule has 1 unspecified atom stereocenters. The zero-order valence-electron chi connectivity index (χ0n) is 12.3. The van der Waals surface area contributed by atoms with E-state index in [-0.39, 0.29) is 11.9 Å². The Morgan fingerprint density at radius 1 is 1.21 bits per heavy atom. The fourth-order valence-corrected chi connectivity index (χ4v) is 1.91. The minimum absolute atomic E-state index is 0.114. The van der Waals surface area contributed by atoms with E-state index in [1.165, 1.54) is 6.07 Å². The first-order valence-electron chi connectivity index (χ1n) is 7.14. The molecule has 1 atom stereocenters. The summed E-state index contributed by atoms with van der Waals surface area (Å²) in [7, 11) is 0. The van der Waals surface area contributed by atoms with Gasteiger partial charge in [0.25, 0.3) is 0 Å². The van der Waals surface area contributed by atoms with Crippen molar-refractivity contribution >= 4 is 0 Å². The zero-order chi connectivity index (χ0) is 14.1. The Labute approximate surface area is 116 Å². The second-order valence-electron chi connectivity index (χ2n) is 5.47. The monoisotopic (exact) mass is 267 g/mol. The van der Waals surface area contributed by atoms with Crippen LogP contribution in [0.3, 0.4) is 0 Å². The predicted molar refractivity (Wildman–Crippen MR) is 77.8 cm³/mol. The van der Waals surface area contributed by atoms with Crippen molar-refractivity contribution < 1.29 is 9.13 Å². The lowest BCUT2D eigenvalue weighted by molar-refractivity contribution is 0.107. The first-order chi connectivity index (χ1) is 9.09. The van der Waals surface area contributed by atoms with Crippen LogP contribution in [0.25, 0.3) is 0 Å². The molecule has 0 saturated carbocycles. The number of hydrogen-bond acceptors (Lipinski definition) is 2. The van der Waals surface area contributed by atoms with Gasteiger partial charge in [0, 0.05) is 19.3 Å². The Balaban J connectivity index is 2.11. The molecule has 0 radical (unpaired) electrons. The molecule has 1 aromatic rings. The van der Waals surface area contributed by atoms with Crippen molar-refractivity contribution in [2.75, 3.05) is 19.8 Å². The first kappa shape index (κ1) is 16.1. The normalized spacial score (nSPS) is 12.9. The van der Waals surface area contributed by atoms with Crippen LogP contribution < -0.4 is 5.32 Å². The molecule has 19 heavy (non-hydrogen) atoms. The van der Waals surface area contributed by atoms with Gasteiger partial charge in [0.1, 0.15) is 5.82 Å². The average Bonchev–Trinajstić information content (AvgIpc) is 2.36. The fourth-order valence-electron chi connectivity index (χ4n) is 1.91. The Kier molecular flexibility index (Phi) is 7.68. The van der Waals surface area contributed by atoms with Gasteiger partial charge in [0.15, 0.2) is 0 Å². The van der Waals surface area contributed by atoms with Crippen LogP contribution in [0.2, 0.25) is 0 Å². The van der Waals surface area contributed by atoms with Gasteiger partial charge in [-0.05, 0) is 43.9 Å². The van der Waals surface area contributed by atoms with Crippen molar-refractivity contribution in [3.05, 3.63) is 35.6 Å². The first-order valence-corrected chi connectivity index (χ1v) is 7.14. The molecule has 0 spiro atoms. The van der Waals surface area contributed by atoms with Crippen molar-refractivity contribution in [3.63, 3.8) is 0 Å². The summed E-state index contributed by atoms with van der Waals surface area (Å²) < 4.78 is 19.0. The Hall–Kier alpha value is -0.930. The van der Waals surface area contributed by atoms with E-state index in [0.29, 0.717) is 5.92 Å². The maximum atomic E-state index is 13.5. The average molecular weight is 267 g/mol. The van der Waals surface area contributed by atoms with E-state index in [1.54, 1.807) is 6.07 Å². The maximum Gasteiger partial charge on any atom is 0.126 e. The molecule has 0 aliphatic carbocycles. The summed E-state index contributed by atoms with van der Waals surface area (Å²) in [6.45, 7) is 8.90. The zero-order valence-corrected chi connectivity index (χ0v) is 12.3. The van der Waals surface area contributed by atoms with Gasteiger partial charge in [-0.25, -0.2) is 4.39 Å². The lowest BCUT2D eigenvalue weighted by Gasteiger charge is -2.14. The summed E-state index contributed by atoms with van der Waals surface area (Å²) in [4.78, 5) is 0. The molecule has 1 rings (SSSR count). The molecule has 0 aromatic heterocycles. The van der Waals surface area contributed by atoms with Crippen LogP contribution in [0.4, 0.5) is 4.39 Å². The third-order valence-electron chi connectivity index (χ3n) is 2.89. The lowest BCUT2D eigenvalue weighted by atomic mass is 10.1. The third kappa shape index (κ3) is 7.28. The SMILES string of the molecule is CC(C)COCCCNC(C)Cc1ccccc1F. The van der Waals surface area contributed by atoms with E-state index in [1.807, 2.05) is 12.1 Å². The second-order valence-corrected chi connectivity index (χ2v) is 5.47. The van der Waals surface area contributed by atoms with Crippen molar-refractivity contribution in [3.8, 4) is 0 Å². The molecule has 0 fully saturated rings. The summed E-state index contributed by atoms with van der Waals surface area (Å²) in [6, 6.07) is 7.25. The van der Waals surface area contributed by atoms with Crippen LogP contribution in [0.1, 0.15) is 32.8 Å². The summed E-state index contributed by atoms with van der Waals surface area (Å²) in [6.07, 6.45) is 1.72. The highest BCUT2D eigenvalue weighted by Crippen LogP contribution is 2.08. The molecular formula is C16H26FNO. The lowest BCUT2D eigenvalue weighted by Crippen LogP contribution is -2.30. The highest BCUT2D eigenvalue weighted by atomic mass is 19.1. The largest absolute Gasteiger partial charge is 0.381 e. The van der Waals surface area contributed by atoms with E-state index in [0.717, 1.165) is 38.2 Å². The molecule has 0 bridgehead atoms. The second kappa shape index (κ2) is 9.05. The molecule has 1 N–H and O–H groups in total. The fraction of sp³-hybridized carbons (Fsp3) is 0.625. The van der Waals surface area contributed by atoms with E-state index >= 15 is 0 Å². The standard InChI is InChI=1S/C16H26FNO/c1-13(2)12-19-10-6-9-18-14(3)11-15-7-4-5-8-16(15)17/h4-5,7-8,13-14,18H,6,9-12H2,1-3H3. The van der Waals surface area contributed by atoms with Crippen molar-refractivity contribution in [1.82, 2.24) is 5.32 Å². The summed E-state index contributed by atoms with van der Waals surface area (Å²) >= 11 is 0. The number of hydrogen-bond donors (Lipinski definition) is 1. The van der Waals surface area contributed by atoms with Gasteiger partial charge in [-0.3, -0.25) is 0 Å². The quantitative estimate of drug-likeness (QED) is 0.692. The summed E-state index contributed by atoms with van der Waals surface area (Å²) in [5.74, 6) is 0.476. The van der Waals surface area contributed by atoms with Crippen LogP contribution >= 0.6 is 0 Å². The number of nitrogens with one attached hydrogen (secondary N) is 1. The Morgan fingerprint density at radius 2 is 1.95 bits per heavy atom. The Morgan fingerprint density at radius 3 is 2.63 bits per heavy atom. The number of ether oxygens (including phenoxy) is 1. The summed E-state index contributed by atoms with van der Waals surface area (Å²) in [5, 5.41) is 3.40. The minimum Gasteiger partial charge on any atom is -0.381 e. The molecule has 0 saturated heterocycles. The molecule has 108 valence electrons. The van der Waals surface area contributed by atoms with Crippen LogP contribution in [0, 0.1) is 11.7 Å². The van der Waals surface area contributed by atoms with Gasteiger partial charge in [-0.1, -0.05) is 32.0 Å². The molecule has 0 aliphatic heterocycles. The van der Waals surface area contributed by atoms with Crippen molar-refractivity contribution in [2.45, 2.75) is 39.7 Å². The van der Waals surface area contributed by atoms with E-state index in [9.17, 15) is 4.39 Å². The summed E-state index contributed by atoms with van der Waals surface area (Å²) in [5.41, 5.74) is 0.776. The predicted octanol–water partition coefficient (Wildman–Crippen LogP) is 3.41. The highest BCUT2D eigenvalue weighted by Gasteiger charge is 2.06. The highest BCUT2D eigenvalue weighted by molar-refractivity contribution is 5.18. The van der Waals surface area contributed by atoms with Gasteiger partial charge in [-0.15, -0.1) is 0 Å². The molecule has 0 amide bonds. The van der Waals surface area contributed by atoms with Crippen LogP contribution in [0.15, 0.2) is 24.3 Å². The molecule has 3 heteroatoms. The molecule has 0 aliphatic rings. The van der Waals surface area contributed by atoms with Gasteiger partial charge in [0.2, 0.25) is 0 Å². The molecule has 0 heterocycles. The van der Waals surface area contributed by atoms with Crippen LogP contribution in [-0.4, -0.2) is 25.8 Å². The molecule has 1 aromatic carbocycles. The number of rotatable bonds is 9. The van der Waals surface area contributed by atoms with Crippen molar-refractivity contribution in [1.29, 1.82) is 0 Å². The van der Waals surface area contributed by atoms with E-state index in [2.05, 4.69) is 26.1 Å². The Bertz CT molecular complexity index is 354.